The summed E-state index contributed by atoms with van der Waals surface area (Å²) in [7, 11) is 0. The van der Waals surface area contributed by atoms with E-state index in [0.717, 1.165) is 9.13 Å². The summed E-state index contributed by atoms with van der Waals surface area (Å²) in [5.74, 6) is -1.17. The minimum Gasteiger partial charge on any atom is -0.480 e. The van der Waals surface area contributed by atoms with Crippen molar-refractivity contribution >= 4 is 5.97 Å². The second-order valence-corrected chi connectivity index (χ2v) is 4.78. The maximum atomic E-state index is 12.5. The first-order chi connectivity index (χ1) is 10.4. The van der Waals surface area contributed by atoms with E-state index in [0.29, 0.717) is 5.56 Å². The van der Waals surface area contributed by atoms with E-state index in [2.05, 4.69) is 0 Å². The molecule has 1 heterocycles. The van der Waals surface area contributed by atoms with E-state index in [1.54, 1.807) is 0 Å². The summed E-state index contributed by atoms with van der Waals surface area (Å²) in [6, 6.07) is 7.93. The zero-order valence-electron chi connectivity index (χ0n) is 12.0. The zero-order chi connectivity index (χ0) is 16.4. The number of hydrogen-bond donors (Lipinski definition) is 1. The lowest BCUT2D eigenvalue weighted by molar-refractivity contribution is -0.140. The molecule has 0 spiro atoms. The number of benzene rings is 1. The Kier molecular flexibility index (Phi) is 3.95. The monoisotopic (exact) mass is 299 g/mol. The number of carboxylic acid groups (broad SMARTS) is 1. The van der Waals surface area contributed by atoms with Crippen molar-refractivity contribution in [1.29, 1.82) is 5.26 Å². The van der Waals surface area contributed by atoms with E-state index in [1.807, 2.05) is 6.07 Å². The highest BCUT2D eigenvalue weighted by molar-refractivity contribution is 5.71. The smallest absolute Gasteiger partial charge is 0.336 e. The van der Waals surface area contributed by atoms with Crippen LogP contribution in [0.3, 0.4) is 0 Å². The van der Waals surface area contributed by atoms with Gasteiger partial charge in [-0.3, -0.25) is 9.36 Å². The first-order valence-electron chi connectivity index (χ1n) is 6.45. The van der Waals surface area contributed by atoms with Gasteiger partial charge in [-0.1, -0.05) is 0 Å². The van der Waals surface area contributed by atoms with Crippen molar-refractivity contribution < 1.29 is 9.90 Å². The molecule has 2 rings (SSSR count). The first kappa shape index (κ1) is 15.3. The lowest BCUT2D eigenvalue weighted by Crippen LogP contribution is -2.42. The second-order valence-electron chi connectivity index (χ2n) is 4.78. The van der Waals surface area contributed by atoms with Gasteiger partial charge in [0.25, 0.3) is 5.56 Å². The van der Waals surface area contributed by atoms with Gasteiger partial charge in [-0.2, -0.15) is 5.26 Å². The SMILES string of the molecule is Cc1cc(=O)n(-c2ccc(C#N)cc2)c(=O)n1[C@@H](C)C(=O)O. The van der Waals surface area contributed by atoms with Gasteiger partial charge < -0.3 is 5.11 Å². The molecule has 7 nitrogen and oxygen atoms in total. The number of nitrogens with zero attached hydrogens (tertiary/aromatic N) is 3. The Labute approximate surface area is 125 Å². The molecule has 1 aromatic carbocycles. The van der Waals surface area contributed by atoms with Crippen molar-refractivity contribution in [1.82, 2.24) is 9.13 Å². The molecule has 0 aliphatic heterocycles. The van der Waals surface area contributed by atoms with Crippen LogP contribution in [0.5, 0.6) is 0 Å². The van der Waals surface area contributed by atoms with Crippen LogP contribution in [0.25, 0.3) is 5.69 Å². The summed E-state index contributed by atoms with van der Waals surface area (Å²) in [6.45, 7) is 2.87. The lowest BCUT2D eigenvalue weighted by atomic mass is 10.2. The number of aromatic nitrogens is 2. The Morgan fingerprint density at radius 1 is 1.27 bits per heavy atom. The van der Waals surface area contributed by atoms with Crippen molar-refractivity contribution in [3.63, 3.8) is 0 Å². The van der Waals surface area contributed by atoms with Gasteiger partial charge >= 0.3 is 11.7 Å². The Morgan fingerprint density at radius 2 is 1.86 bits per heavy atom. The molecule has 0 radical (unpaired) electrons. The normalized spacial score (nSPS) is 11.7. The van der Waals surface area contributed by atoms with Gasteiger partial charge in [0.2, 0.25) is 0 Å². The highest BCUT2D eigenvalue weighted by Gasteiger charge is 2.20. The van der Waals surface area contributed by atoms with E-state index < -0.39 is 23.3 Å². The minimum absolute atomic E-state index is 0.273. The maximum absolute atomic E-state index is 12.5. The van der Waals surface area contributed by atoms with Crippen molar-refractivity contribution in [3.05, 3.63) is 62.4 Å². The summed E-state index contributed by atoms with van der Waals surface area (Å²) >= 11 is 0. The highest BCUT2D eigenvalue weighted by atomic mass is 16.4. The number of hydrogen-bond acceptors (Lipinski definition) is 4. The number of carbonyl (C=O) groups is 1. The molecule has 2 aromatic rings. The summed E-state index contributed by atoms with van der Waals surface area (Å²) < 4.78 is 1.93. The Bertz CT molecular complexity index is 885. The average molecular weight is 299 g/mol. The van der Waals surface area contributed by atoms with Crippen LogP contribution in [0.15, 0.2) is 39.9 Å². The van der Waals surface area contributed by atoms with E-state index in [4.69, 9.17) is 10.4 Å². The quantitative estimate of drug-likeness (QED) is 0.903. The number of aliphatic carboxylic acids is 1. The van der Waals surface area contributed by atoms with Crippen LogP contribution < -0.4 is 11.2 Å². The molecular formula is C15H13N3O4. The van der Waals surface area contributed by atoms with Crippen LogP contribution in [0.1, 0.15) is 24.2 Å². The van der Waals surface area contributed by atoms with Crippen LogP contribution in [-0.2, 0) is 4.79 Å². The van der Waals surface area contributed by atoms with Crippen molar-refractivity contribution in [3.8, 4) is 11.8 Å². The summed E-state index contributed by atoms with van der Waals surface area (Å²) in [6.07, 6.45) is 0. The third-order valence-electron chi connectivity index (χ3n) is 3.33. The van der Waals surface area contributed by atoms with Crippen LogP contribution >= 0.6 is 0 Å². The van der Waals surface area contributed by atoms with Gasteiger partial charge in [0.15, 0.2) is 0 Å². The van der Waals surface area contributed by atoms with Gasteiger partial charge in [0, 0.05) is 11.8 Å². The standard InChI is InChI=1S/C15H13N3O4/c1-9-7-13(19)18(12-5-3-11(8-16)4-6-12)15(22)17(9)10(2)14(20)21/h3-7,10H,1-2H3,(H,20,21)/t10-/m0/s1. The van der Waals surface area contributed by atoms with E-state index in [9.17, 15) is 14.4 Å². The molecular weight excluding hydrogens is 286 g/mol. The molecule has 7 heteroatoms. The van der Waals surface area contributed by atoms with Crippen LogP contribution in [-0.4, -0.2) is 20.2 Å². The fraction of sp³-hybridized carbons (Fsp3) is 0.200. The number of rotatable bonds is 3. The zero-order valence-corrected chi connectivity index (χ0v) is 12.0. The van der Waals surface area contributed by atoms with Crippen LogP contribution in [0, 0.1) is 18.3 Å². The Balaban J connectivity index is 2.74. The minimum atomic E-state index is -1.17. The molecule has 0 unspecified atom stereocenters. The van der Waals surface area contributed by atoms with Crippen molar-refractivity contribution in [2.75, 3.05) is 0 Å². The lowest BCUT2D eigenvalue weighted by Gasteiger charge is -2.16. The third-order valence-corrected chi connectivity index (χ3v) is 3.33. The second kappa shape index (κ2) is 5.69. The molecule has 1 atom stereocenters. The van der Waals surface area contributed by atoms with E-state index in [-0.39, 0.29) is 11.4 Å². The Morgan fingerprint density at radius 3 is 2.36 bits per heavy atom. The maximum Gasteiger partial charge on any atom is 0.336 e. The van der Waals surface area contributed by atoms with Crippen LogP contribution in [0.4, 0.5) is 0 Å². The number of aryl methyl sites for hydroxylation is 1. The first-order valence-corrected chi connectivity index (χ1v) is 6.45. The predicted molar refractivity (Wildman–Crippen MR) is 78.1 cm³/mol. The van der Waals surface area contributed by atoms with Crippen molar-refractivity contribution in [2.45, 2.75) is 19.9 Å². The predicted octanol–water partition coefficient (Wildman–Crippen LogP) is 0.825. The Hall–Kier alpha value is -3.14. The summed E-state index contributed by atoms with van der Waals surface area (Å²) in [4.78, 5) is 35.7. The van der Waals surface area contributed by atoms with Crippen LogP contribution in [0.2, 0.25) is 0 Å². The van der Waals surface area contributed by atoms with E-state index >= 15 is 0 Å². The molecule has 0 aliphatic rings. The highest BCUT2D eigenvalue weighted by Crippen LogP contribution is 2.08. The summed E-state index contributed by atoms with van der Waals surface area (Å²) in [5, 5.41) is 17.9. The molecule has 1 N–H and O–H groups in total. The van der Waals surface area contributed by atoms with Gasteiger partial charge in [0.1, 0.15) is 6.04 Å². The fourth-order valence-corrected chi connectivity index (χ4v) is 2.17. The molecule has 0 amide bonds. The molecule has 1 aromatic heterocycles. The van der Waals surface area contributed by atoms with Gasteiger partial charge in [-0.15, -0.1) is 0 Å². The number of carboxylic acids is 1. The fourth-order valence-electron chi connectivity index (χ4n) is 2.17. The third kappa shape index (κ3) is 2.54. The molecule has 0 bridgehead atoms. The molecule has 0 fully saturated rings. The van der Waals surface area contributed by atoms with Gasteiger partial charge in [-0.25, -0.2) is 14.2 Å². The topological polar surface area (TPSA) is 105 Å². The number of nitriles is 1. The van der Waals surface area contributed by atoms with E-state index in [1.165, 1.54) is 44.2 Å². The largest absolute Gasteiger partial charge is 0.480 e. The molecule has 0 aliphatic carbocycles. The van der Waals surface area contributed by atoms with Gasteiger partial charge in [0.05, 0.1) is 17.3 Å². The van der Waals surface area contributed by atoms with Gasteiger partial charge in [-0.05, 0) is 38.1 Å². The van der Waals surface area contributed by atoms with Crippen molar-refractivity contribution in [2.24, 2.45) is 0 Å². The molecule has 112 valence electrons. The molecule has 22 heavy (non-hydrogen) atoms. The molecule has 0 saturated carbocycles. The average Bonchev–Trinajstić information content (AvgIpc) is 2.47. The summed E-state index contributed by atoms with van der Waals surface area (Å²) in [5.41, 5.74) is -0.344. The molecule has 0 saturated heterocycles.